The highest BCUT2D eigenvalue weighted by atomic mass is 35.5. The summed E-state index contributed by atoms with van der Waals surface area (Å²) in [5, 5.41) is 0. The summed E-state index contributed by atoms with van der Waals surface area (Å²) in [7, 11) is 0. The highest BCUT2D eigenvalue weighted by molar-refractivity contribution is 6.58. The fourth-order valence-corrected chi connectivity index (χ4v) is 4.71. The standard InChI is InChI=1S/C20H25Cl2NO2/c1-12(2)23(13(3)4)18-16-11-7-9-14-8-5-6-10-15(14)17(16)25-19(24)20(18,21)22/h5-6,8,10,12-13,18H,7,9,11H2,1-4H3. The van der Waals surface area contributed by atoms with Crippen LogP contribution in [0.15, 0.2) is 29.8 Å². The largest absolute Gasteiger partial charge is 0.424 e. The number of ether oxygens (including phenoxy) is 1. The minimum absolute atomic E-state index is 0.194. The second kappa shape index (κ2) is 6.94. The lowest BCUT2D eigenvalue weighted by molar-refractivity contribution is -0.140. The molecule has 1 unspecified atom stereocenters. The van der Waals surface area contributed by atoms with Gasteiger partial charge in [0.05, 0.1) is 6.04 Å². The van der Waals surface area contributed by atoms with Gasteiger partial charge in [-0.2, -0.15) is 0 Å². The minimum atomic E-state index is -1.60. The van der Waals surface area contributed by atoms with Gasteiger partial charge in [-0.1, -0.05) is 47.5 Å². The van der Waals surface area contributed by atoms with E-state index in [-0.39, 0.29) is 12.1 Å². The van der Waals surface area contributed by atoms with Gasteiger partial charge in [-0.3, -0.25) is 4.90 Å². The van der Waals surface area contributed by atoms with Crippen LogP contribution in [-0.4, -0.2) is 33.3 Å². The number of esters is 1. The van der Waals surface area contributed by atoms with Gasteiger partial charge >= 0.3 is 5.97 Å². The molecule has 0 bridgehead atoms. The topological polar surface area (TPSA) is 29.5 Å². The summed E-state index contributed by atoms with van der Waals surface area (Å²) in [4.78, 5) is 14.9. The van der Waals surface area contributed by atoms with E-state index in [1.54, 1.807) is 0 Å². The van der Waals surface area contributed by atoms with Crippen molar-refractivity contribution in [1.82, 2.24) is 4.90 Å². The van der Waals surface area contributed by atoms with Crippen LogP contribution in [0.1, 0.15) is 51.7 Å². The van der Waals surface area contributed by atoms with Gasteiger partial charge in [0.15, 0.2) is 0 Å². The van der Waals surface area contributed by atoms with Gasteiger partial charge in [0, 0.05) is 17.6 Å². The van der Waals surface area contributed by atoms with Crippen LogP contribution in [0.4, 0.5) is 0 Å². The van der Waals surface area contributed by atoms with Gasteiger partial charge in [0.2, 0.25) is 4.33 Å². The van der Waals surface area contributed by atoms with Gasteiger partial charge in [-0.15, -0.1) is 0 Å². The van der Waals surface area contributed by atoms with E-state index in [0.29, 0.717) is 5.76 Å². The minimum Gasteiger partial charge on any atom is -0.424 e. The number of aryl methyl sites for hydroxylation is 1. The van der Waals surface area contributed by atoms with Gasteiger partial charge in [-0.05, 0) is 58.1 Å². The summed E-state index contributed by atoms with van der Waals surface area (Å²) in [6, 6.07) is 8.11. The number of nitrogens with zero attached hydrogens (tertiary/aromatic N) is 1. The number of hydrogen-bond donors (Lipinski definition) is 0. The van der Waals surface area contributed by atoms with Crippen molar-refractivity contribution in [2.45, 2.75) is 69.4 Å². The number of halogens is 2. The second-order valence-corrected chi connectivity index (χ2v) is 8.80. The molecular weight excluding hydrogens is 357 g/mol. The Kier molecular flexibility index (Phi) is 5.21. The smallest absolute Gasteiger partial charge is 0.350 e. The van der Waals surface area contributed by atoms with Gasteiger partial charge in [-0.25, -0.2) is 4.79 Å². The summed E-state index contributed by atoms with van der Waals surface area (Å²) in [5.74, 6) is 0.0777. The molecule has 1 aromatic carbocycles. The van der Waals surface area contributed by atoms with E-state index in [1.807, 2.05) is 18.2 Å². The lowest BCUT2D eigenvalue weighted by Gasteiger charge is -2.46. The van der Waals surface area contributed by atoms with Crippen LogP contribution in [-0.2, 0) is 16.0 Å². The second-order valence-electron chi connectivity index (χ2n) is 7.41. The van der Waals surface area contributed by atoms with Crippen LogP contribution < -0.4 is 0 Å². The van der Waals surface area contributed by atoms with Crippen molar-refractivity contribution in [1.29, 1.82) is 0 Å². The van der Waals surface area contributed by atoms with Crippen molar-refractivity contribution in [3.8, 4) is 0 Å². The summed E-state index contributed by atoms with van der Waals surface area (Å²) >= 11 is 13.2. The molecule has 0 saturated carbocycles. The molecule has 2 aliphatic rings. The molecule has 0 amide bonds. The Bertz CT molecular complexity index is 701. The molecule has 0 N–H and O–H groups in total. The van der Waals surface area contributed by atoms with E-state index < -0.39 is 16.3 Å². The molecule has 1 heterocycles. The fraction of sp³-hybridized carbons (Fsp3) is 0.550. The van der Waals surface area contributed by atoms with E-state index in [1.165, 1.54) is 5.56 Å². The molecule has 0 saturated heterocycles. The average Bonchev–Trinajstić information content (AvgIpc) is 2.70. The lowest BCUT2D eigenvalue weighted by Crippen LogP contribution is -2.58. The van der Waals surface area contributed by atoms with E-state index in [4.69, 9.17) is 27.9 Å². The number of hydrogen-bond acceptors (Lipinski definition) is 3. The van der Waals surface area contributed by atoms with E-state index in [9.17, 15) is 4.79 Å². The molecule has 1 atom stereocenters. The predicted octanol–water partition coefficient (Wildman–Crippen LogP) is 4.95. The summed E-state index contributed by atoms with van der Waals surface area (Å²) < 4.78 is 4.10. The number of benzene rings is 1. The van der Waals surface area contributed by atoms with Gasteiger partial charge < -0.3 is 4.74 Å². The molecule has 1 aromatic rings. The fourth-order valence-electron chi connectivity index (χ4n) is 4.15. The molecule has 0 radical (unpaired) electrons. The number of carbonyl (C=O) groups excluding carboxylic acids is 1. The first-order valence-electron chi connectivity index (χ1n) is 8.94. The Hall–Kier alpha value is -1.03. The van der Waals surface area contributed by atoms with Crippen LogP contribution in [0, 0.1) is 0 Å². The molecule has 1 aliphatic heterocycles. The van der Waals surface area contributed by atoms with E-state index in [0.717, 1.165) is 30.4 Å². The van der Waals surface area contributed by atoms with Crippen molar-refractivity contribution in [2.75, 3.05) is 0 Å². The third-order valence-corrected chi connectivity index (χ3v) is 5.80. The quantitative estimate of drug-likeness (QED) is 0.547. The molecule has 1 aliphatic carbocycles. The summed E-state index contributed by atoms with van der Waals surface area (Å²) in [6.45, 7) is 8.42. The maximum Gasteiger partial charge on any atom is 0.350 e. The number of rotatable bonds is 3. The molecule has 25 heavy (non-hydrogen) atoms. The molecule has 0 spiro atoms. The highest BCUT2D eigenvalue weighted by Gasteiger charge is 2.54. The third kappa shape index (κ3) is 3.22. The van der Waals surface area contributed by atoms with Crippen LogP contribution in [0.2, 0.25) is 0 Å². The van der Waals surface area contributed by atoms with Crippen molar-refractivity contribution in [3.63, 3.8) is 0 Å². The zero-order valence-electron chi connectivity index (χ0n) is 15.2. The molecule has 0 aromatic heterocycles. The Balaban J connectivity index is 2.22. The Morgan fingerprint density at radius 3 is 2.40 bits per heavy atom. The first kappa shape index (κ1) is 18.8. The number of alkyl halides is 2. The van der Waals surface area contributed by atoms with Crippen molar-refractivity contribution >= 4 is 34.9 Å². The van der Waals surface area contributed by atoms with Crippen molar-refractivity contribution in [2.24, 2.45) is 0 Å². The molecule has 3 nitrogen and oxygen atoms in total. The highest BCUT2D eigenvalue weighted by Crippen LogP contribution is 2.47. The number of carbonyl (C=O) groups is 1. The molecule has 136 valence electrons. The van der Waals surface area contributed by atoms with Crippen LogP contribution in [0.25, 0.3) is 5.76 Å². The average molecular weight is 382 g/mol. The number of fused-ring (bicyclic) bond motifs is 2. The van der Waals surface area contributed by atoms with Crippen molar-refractivity contribution < 1.29 is 9.53 Å². The van der Waals surface area contributed by atoms with Gasteiger partial charge in [0.1, 0.15) is 5.76 Å². The normalized spacial score (nSPS) is 22.8. The maximum atomic E-state index is 12.7. The first-order valence-corrected chi connectivity index (χ1v) is 9.69. The van der Waals surface area contributed by atoms with Crippen LogP contribution >= 0.6 is 23.2 Å². The molecule has 0 fully saturated rings. The van der Waals surface area contributed by atoms with Crippen LogP contribution in [0.3, 0.4) is 0 Å². The van der Waals surface area contributed by atoms with E-state index >= 15 is 0 Å². The van der Waals surface area contributed by atoms with Crippen molar-refractivity contribution in [3.05, 3.63) is 41.0 Å². The first-order chi connectivity index (χ1) is 11.7. The summed E-state index contributed by atoms with van der Waals surface area (Å²) in [6.07, 6.45) is 2.76. The zero-order valence-corrected chi connectivity index (χ0v) is 16.7. The molecule has 3 rings (SSSR count). The van der Waals surface area contributed by atoms with Gasteiger partial charge in [0.25, 0.3) is 0 Å². The lowest BCUT2D eigenvalue weighted by atomic mass is 9.90. The SMILES string of the molecule is CC(C)N(C(C)C)C1C2=C(OC(=O)C1(Cl)Cl)c1ccccc1CCC2. The zero-order chi connectivity index (χ0) is 18.4. The molecular formula is C20H25Cl2NO2. The monoisotopic (exact) mass is 381 g/mol. The third-order valence-electron chi connectivity index (χ3n) is 5.08. The molecule has 5 heteroatoms. The van der Waals surface area contributed by atoms with Crippen LogP contribution in [0.5, 0.6) is 0 Å². The maximum absolute atomic E-state index is 12.7. The Labute approximate surface area is 159 Å². The Morgan fingerprint density at radius 2 is 1.76 bits per heavy atom. The predicted molar refractivity (Wildman–Crippen MR) is 103 cm³/mol. The Morgan fingerprint density at radius 1 is 1.12 bits per heavy atom. The van der Waals surface area contributed by atoms with E-state index in [2.05, 4.69) is 38.7 Å². The summed E-state index contributed by atoms with van der Waals surface area (Å²) in [5.41, 5.74) is 3.23.